The molecule has 1 N–H and O–H groups in total. The van der Waals surface area contributed by atoms with E-state index in [-0.39, 0.29) is 5.75 Å². The van der Waals surface area contributed by atoms with Gasteiger partial charge in [0.15, 0.2) is 11.5 Å². The van der Waals surface area contributed by atoms with Crippen LogP contribution in [0.2, 0.25) is 0 Å². The minimum atomic E-state index is 0.236. The smallest absolute Gasteiger partial charge is 0.162 e. The lowest BCUT2D eigenvalue weighted by atomic mass is 10.1. The molecule has 0 atom stereocenters. The lowest BCUT2D eigenvalue weighted by molar-refractivity contribution is 0.223. The molecule has 4 nitrogen and oxygen atoms in total. The fourth-order valence-corrected chi connectivity index (χ4v) is 2.68. The zero-order valence-electron chi connectivity index (χ0n) is 15.1. The van der Waals surface area contributed by atoms with Crippen molar-refractivity contribution in [3.8, 4) is 11.5 Å². The van der Waals surface area contributed by atoms with E-state index in [1.165, 1.54) is 11.1 Å². The van der Waals surface area contributed by atoms with Crippen molar-refractivity contribution in [3.63, 3.8) is 0 Å². The Hall–Kier alpha value is -2.04. The van der Waals surface area contributed by atoms with E-state index in [4.69, 9.17) is 4.74 Å². The van der Waals surface area contributed by atoms with E-state index in [1.807, 2.05) is 12.1 Å². The third-order valence-corrected chi connectivity index (χ3v) is 4.22. The molecule has 2 aromatic rings. The van der Waals surface area contributed by atoms with Crippen LogP contribution in [-0.2, 0) is 13.1 Å². The van der Waals surface area contributed by atoms with Crippen molar-refractivity contribution < 1.29 is 9.84 Å². The zero-order chi connectivity index (χ0) is 17.5. The summed E-state index contributed by atoms with van der Waals surface area (Å²) in [6, 6.07) is 14.1. The van der Waals surface area contributed by atoms with Gasteiger partial charge in [0.05, 0.1) is 7.11 Å². The molecular formula is C20H28N2O2. The van der Waals surface area contributed by atoms with Crippen LogP contribution < -0.4 is 4.74 Å². The Balaban J connectivity index is 2.18. The number of para-hydroxylation sites is 1. The largest absolute Gasteiger partial charge is 0.504 e. The van der Waals surface area contributed by atoms with Gasteiger partial charge in [-0.05, 0) is 38.2 Å². The second kappa shape index (κ2) is 8.71. The third-order valence-electron chi connectivity index (χ3n) is 4.22. The monoisotopic (exact) mass is 328 g/mol. The number of rotatable bonds is 8. The van der Waals surface area contributed by atoms with Gasteiger partial charge < -0.3 is 14.7 Å². The molecule has 2 aromatic carbocycles. The van der Waals surface area contributed by atoms with Crippen molar-refractivity contribution in [2.45, 2.75) is 20.0 Å². The zero-order valence-corrected chi connectivity index (χ0v) is 15.1. The van der Waals surface area contributed by atoms with Crippen LogP contribution in [0.25, 0.3) is 0 Å². The Labute approximate surface area is 145 Å². The van der Waals surface area contributed by atoms with Crippen LogP contribution in [0.1, 0.15) is 16.7 Å². The van der Waals surface area contributed by atoms with Crippen molar-refractivity contribution in [1.29, 1.82) is 0 Å². The van der Waals surface area contributed by atoms with Crippen LogP contribution in [0.3, 0.4) is 0 Å². The molecule has 0 aromatic heterocycles. The van der Waals surface area contributed by atoms with E-state index in [2.05, 4.69) is 55.1 Å². The number of hydrogen-bond acceptors (Lipinski definition) is 4. The maximum atomic E-state index is 10.4. The van der Waals surface area contributed by atoms with Gasteiger partial charge in [-0.2, -0.15) is 0 Å². The van der Waals surface area contributed by atoms with Crippen LogP contribution in [-0.4, -0.2) is 49.2 Å². The molecule has 0 heterocycles. The first-order chi connectivity index (χ1) is 11.5. The highest BCUT2D eigenvalue weighted by atomic mass is 16.5. The average Bonchev–Trinajstić information content (AvgIpc) is 2.56. The minimum absolute atomic E-state index is 0.236. The SMILES string of the molecule is COc1cccc(CN(CCN(C)C)Cc2ccccc2C)c1O. The van der Waals surface area contributed by atoms with Gasteiger partial charge in [-0.15, -0.1) is 0 Å². The van der Waals surface area contributed by atoms with Gasteiger partial charge in [0.25, 0.3) is 0 Å². The quantitative estimate of drug-likeness (QED) is 0.807. The molecular weight excluding hydrogens is 300 g/mol. The summed E-state index contributed by atoms with van der Waals surface area (Å²) in [7, 11) is 5.74. The Kier molecular flexibility index (Phi) is 6.64. The fraction of sp³-hybridized carbons (Fsp3) is 0.400. The van der Waals surface area contributed by atoms with Gasteiger partial charge in [0.2, 0.25) is 0 Å². The van der Waals surface area contributed by atoms with Gasteiger partial charge >= 0.3 is 0 Å². The number of methoxy groups -OCH3 is 1. The normalized spacial score (nSPS) is 11.2. The van der Waals surface area contributed by atoms with E-state index in [1.54, 1.807) is 13.2 Å². The maximum Gasteiger partial charge on any atom is 0.162 e. The summed E-state index contributed by atoms with van der Waals surface area (Å²) >= 11 is 0. The summed E-state index contributed by atoms with van der Waals surface area (Å²) in [4.78, 5) is 4.53. The van der Waals surface area contributed by atoms with Crippen LogP contribution in [0.5, 0.6) is 11.5 Å². The molecule has 0 radical (unpaired) electrons. The lowest BCUT2D eigenvalue weighted by Crippen LogP contribution is -2.31. The molecule has 0 spiro atoms. The first-order valence-electron chi connectivity index (χ1n) is 8.27. The maximum absolute atomic E-state index is 10.4. The molecule has 4 heteroatoms. The van der Waals surface area contributed by atoms with E-state index in [0.717, 1.165) is 25.2 Å². The highest BCUT2D eigenvalue weighted by molar-refractivity contribution is 5.45. The number of aryl methyl sites for hydroxylation is 1. The van der Waals surface area contributed by atoms with Gasteiger partial charge in [0, 0.05) is 31.7 Å². The second-order valence-electron chi connectivity index (χ2n) is 6.41. The van der Waals surface area contributed by atoms with Gasteiger partial charge in [0.1, 0.15) is 0 Å². The predicted octanol–water partition coefficient (Wildman–Crippen LogP) is 3.27. The molecule has 24 heavy (non-hydrogen) atoms. The Morgan fingerprint density at radius 1 is 0.917 bits per heavy atom. The Morgan fingerprint density at radius 3 is 2.25 bits per heavy atom. The van der Waals surface area contributed by atoms with E-state index in [9.17, 15) is 5.11 Å². The van der Waals surface area contributed by atoms with Crippen LogP contribution in [0, 0.1) is 6.92 Å². The number of phenolic OH excluding ortho intramolecular Hbond substituents is 1. The van der Waals surface area contributed by atoms with Crippen LogP contribution in [0.4, 0.5) is 0 Å². The first kappa shape index (κ1) is 18.3. The summed E-state index contributed by atoms with van der Waals surface area (Å²) in [5.74, 6) is 0.760. The van der Waals surface area contributed by atoms with Gasteiger partial charge in [-0.3, -0.25) is 4.90 Å². The van der Waals surface area contributed by atoms with E-state index >= 15 is 0 Å². The number of likely N-dealkylation sites (N-methyl/N-ethyl adjacent to an activating group) is 1. The summed E-state index contributed by atoms with van der Waals surface area (Å²) in [5, 5.41) is 10.4. The van der Waals surface area contributed by atoms with Crippen LogP contribution in [0.15, 0.2) is 42.5 Å². The molecule has 0 fully saturated rings. The summed E-state index contributed by atoms with van der Waals surface area (Å²) in [6.07, 6.45) is 0. The number of nitrogens with zero attached hydrogens (tertiary/aromatic N) is 2. The number of hydrogen-bond donors (Lipinski definition) is 1. The highest BCUT2D eigenvalue weighted by Gasteiger charge is 2.13. The molecule has 0 saturated heterocycles. The summed E-state index contributed by atoms with van der Waals surface area (Å²) in [5.41, 5.74) is 3.50. The van der Waals surface area contributed by atoms with Crippen LogP contribution >= 0.6 is 0 Å². The van der Waals surface area contributed by atoms with Crippen molar-refractivity contribution in [1.82, 2.24) is 9.80 Å². The topological polar surface area (TPSA) is 35.9 Å². The predicted molar refractivity (Wildman–Crippen MR) is 98.5 cm³/mol. The molecule has 0 amide bonds. The van der Waals surface area contributed by atoms with Crippen molar-refractivity contribution in [2.75, 3.05) is 34.3 Å². The average molecular weight is 328 g/mol. The lowest BCUT2D eigenvalue weighted by Gasteiger charge is -2.25. The van der Waals surface area contributed by atoms with Crippen molar-refractivity contribution in [2.24, 2.45) is 0 Å². The molecule has 0 saturated carbocycles. The third kappa shape index (κ3) is 4.98. The van der Waals surface area contributed by atoms with Gasteiger partial charge in [-0.1, -0.05) is 36.4 Å². The second-order valence-corrected chi connectivity index (χ2v) is 6.41. The molecule has 0 aliphatic heterocycles. The molecule has 0 unspecified atom stereocenters. The first-order valence-corrected chi connectivity index (χ1v) is 8.27. The number of aromatic hydroxyl groups is 1. The molecule has 0 bridgehead atoms. The minimum Gasteiger partial charge on any atom is -0.504 e. The molecule has 0 aliphatic rings. The summed E-state index contributed by atoms with van der Waals surface area (Å²) < 4.78 is 5.23. The fourth-order valence-electron chi connectivity index (χ4n) is 2.68. The summed E-state index contributed by atoms with van der Waals surface area (Å²) in [6.45, 7) is 5.58. The number of benzene rings is 2. The highest BCUT2D eigenvalue weighted by Crippen LogP contribution is 2.30. The molecule has 130 valence electrons. The number of ether oxygens (including phenoxy) is 1. The Bertz CT molecular complexity index is 656. The number of phenols is 1. The van der Waals surface area contributed by atoms with E-state index in [0.29, 0.717) is 12.3 Å². The molecule has 0 aliphatic carbocycles. The standard InChI is InChI=1S/C20H28N2O2/c1-16-8-5-6-9-17(16)14-22(13-12-21(2)3)15-18-10-7-11-19(24-4)20(18)23/h5-11,23H,12-15H2,1-4H3. The van der Waals surface area contributed by atoms with Crippen molar-refractivity contribution >= 4 is 0 Å². The molecule has 2 rings (SSSR count). The van der Waals surface area contributed by atoms with E-state index < -0.39 is 0 Å². The van der Waals surface area contributed by atoms with Gasteiger partial charge in [-0.25, -0.2) is 0 Å². The van der Waals surface area contributed by atoms with Crippen molar-refractivity contribution in [3.05, 3.63) is 59.2 Å². The Morgan fingerprint density at radius 2 is 1.58 bits per heavy atom.